The summed E-state index contributed by atoms with van der Waals surface area (Å²) in [6, 6.07) is 3.89. The first kappa shape index (κ1) is 22.9. The van der Waals surface area contributed by atoms with Gasteiger partial charge in [-0.2, -0.15) is 0 Å². The minimum Gasteiger partial charge on any atom is -0.390 e. The van der Waals surface area contributed by atoms with Gasteiger partial charge in [-0.1, -0.05) is 20.8 Å². The van der Waals surface area contributed by atoms with Crippen LogP contribution in [-0.4, -0.2) is 97.5 Å². The van der Waals surface area contributed by atoms with E-state index < -0.39 is 5.41 Å². The third-order valence-corrected chi connectivity index (χ3v) is 5.64. The van der Waals surface area contributed by atoms with E-state index in [0.717, 1.165) is 70.4 Å². The average Bonchev–Trinajstić information content (AvgIpc) is 2.94. The van der Waals surface area contributed by atoms with Crippen molar-refractivity contribution in [2.45, 2.75) is 33.3 Å². The van der Waals surface area contributed by atoms with E-state index in [9.17, 15) is 9.90 Å². The number of nitrogens with zero attached hydrogens (tertiary/aromatic N) is 4. The summed E-state index contributed by atoms with van der Waals surface area (Å²) in [5.74, 6) is 0.914. The Hall–Kier alpha value is -1.74. The fourth-order valence-electron chi connectivity index (χ4n) is 3.79. The molecule has 1 atom stereocenters. The third kappa shape index (κ3) is 6.91. The van der Waals surface area contributed by atoms with Gasteiger partial charge < -0.3 is 20.1 Å². The van der Waals surface area contributed by atoms with Crippen molar-refractivity contribution in [2.24, 2.45) is 5.41 Å². The first-order chi connectivity index (χ1) is 14.3. The summed E-state index contributed by atoms with van der Waals surface area (Å²) in [4.78, 5) is 23.6. The zero-order chi connectivity index (χ0) is 21.6. The van der Waals surface area contributed by atoms with Crippen molar-refractivity contribution in [3.05, 3.63) is 18.3 Å². The Morgan fingerprint density at radius 3 is 2.43 bits per heavy atom. The molecular formula is C22H37N5O3. The number of nitrogens with one attached hydrogen (secondary N) is 1. The van der Waals surface area contributed by atoms with Gasteiger partial charge in [-0.05, 0) is 25.1 Å². The van der Waals surface area contributed by atoms with E-state index in [-0.39, 0.29) is 12.0 Å². The van der Waals surface area contributed by atoms with E-state index in [4.69, 9.17) is 4.74 Å². The molecule has 8 heteroatoms. The fraction of sp³-hybridized carbons (Fsp3) is 0.727. The normalized spacial score (nSPS) is 20.6. The van der Waals surface area contributed by atoms with Gasteiger partial charge in [0.25, 0.3) is 0 Å². The number of anilines is 2. The Morgan fingerprint density at radius 1 is 1.10 bits per heavy atom. The number of rotatable bonds is 6. The molecule has 2 aliphatic heterocycles. The van der Waals surface area contributed by atoms with Gasteiger partial charge in [0, 0.05) is 51.2 Å². The molecule has 0 aliphatic carbocycles. The van der Waals surface area contributed by atoms with Gasteiger partial charge >= 0.3 is 0 Å². The van der Waals surface area contributed by atoms with E-state index >= 15 is 0 Å². The molecule has 0 spiro atoms. The second kappa shape index (κ2) is 10.5. The maximum absolute atomic E-state index is 12.1. The van der Waals surface area contributed by atoms with Gasteiger partial charge in [-0.25, -0.2) is 4.98 Å². The number of ether oxygens (including phenoxy) is 1. The van der Waals surface area contributed by atoms with Crippen molar-refractivity contribution < 1.29 is 14.6 Å². The first-order valence-electron chi connectivity index (χ1n) is 11.0. The van der Waals surface area contributed by atoms with Crippen LogP contribution in [0.25, 0.3) is 0 Å². The summed E-state index contributed by atoms with van der Waals surface area (Å²) in [6.45, 7) is 14.1. The number of hydrogen-bond donors (Lipinski definition) is 2. The molecule has 3 rings (SSSR count). The van der Waals surface area contributed by atoms with Crippen molar-refractivity contribution in [3.63, 3.8) is 0 Å². The van der Waals surface area contributed by atoms with Crippen LogP contribution in [0.4, 0.5) is 11.5 Å². The Balaban J connectivity index is 1.46. The van der Waals surface area contributed by atoms with Crippen LogP contribution in [0.3, 0.4) is 0 Å². The zero-order valence-electron chi connectivity index (χ0n) is 18.6. The molecule has 8 nitrogen and oxygen atoms in total. The van der Waals surface area contributed by atoms with Crippen LogP contribution in [0, 0.1) is 5.41 Å². The second-order valence-corrected chi connectivity index (χ2v) is 9.32. The minimum absolute atomic E-state index is 0.0156. The number of aromatic nitrogens is 1. The molecule has 0 saturated carbocycles. The maximum atomic E-state index is 12.1. The Morgan fingerprint density at radius 2 is 1.80 bits per heavy atom. The summed E-state index contributed by atoms with van der Waals surface area (Å²) in [5, 5.41) is 13.4. The minimum atomic E-state index is -0.431. The highest BCUT2D eigenvalue weighted by Gasteiger charge is 2.22. The van der Waals surface area contributed by atoms with Crippen LogP contribution >= 0.6 is 0 Å². The Bertz CT molecular complexity index is 670. The summed E-state index contributed by atoms with van der Waals surface area (Å²) in [5.41, 5.74) is 0.292. The number of β-amino-alcohol motifs (C(OH)–C–C–N with tert-alkyl or cyclic N) is 1. The molecule has 168 valence electrons. The lowest BCUT2D eigenvalue weighted by Gasteiger charge is -2.30. The first-order valence-corrected chi connectivity index (χ1v) is 11.0. The smallest absolute Gasteiger partial charge is 0.229 e. The van der Waals surface area contributed by atoms with E-state index in [1.807, 2.05) is 32.9 Å². The van der Waals surface area contributed by atoms with Gasteiger partial charge in [0.2, 0.25) is 5.91 Å². The SMILES string of the molecule is CC(C)(C)C(=O)Nc1ccc(N2CCCN(CC(O)CN3CCOCC3)CC2)nc1. The summed E-state index contributed by atoms with van der Waals surface area (Å²) in [6.07, 6.45) is 2.43. The highest BCUT2D eigenvalue weighted by atomic mass is 16.5. The zero-order valence-corrected chi connectivity index (χ0v) is 18.6. The molecule has 3 heterocycles. The highest BCUT2D eigenvalue weighted by Crippen LogP contribution is 2.20. The number of carbonyl (C=O) groups excluding carboxylic acids is 1. The third-order valence-electron chi connectivity index (χ3n) is 5.64. The topological polar surface area (TPSA) is 81.2 Å². The summed E-state index contributed by atoms with van der Waals surface area (Å²) < 4.78 is 5.38. The van der Waals surface area contributed by atoms with Gasteiger partial charge in [-0.15, -0.1) is 0 Å². The van der Waals surface area contributed by atoms with Crippen molar-refractivity contribution in [3.8, 4) is 0 Å². The average molecular weight is 420 g/mol. The quantitative estimate of drug-likeness (QED) is 0.719. The molecular weight excluding hydrogens is 382 g/mol. The van der Waals surface area contributed by atoms with E-state index in [1.54, 1.807) is 6.20 Å². The standard InChI is InChI=1S/C22H37N5O3/c1-22(2,3)21(29)24-18-5-6-20(23-15-18)27-8-4-7-25(9-10-27)16-19(28)17-26-11-13-30-14-12-26/h5-6,15,19,28H,4,7-14,16-17H2,1-3H3,(H,24,29). The molecule has 2 fully saturated rings. The number of aliphatic hydroxyl groups is 1. The Kier molecular flexibility index (Phi) is 8.05. The molecule has 0 aromatic carbocycles. The molecule has 2 saturated heterocycles. The van der Waals surface area contributed by atoms with Crippen LogP contribution in [0.1, 0.15) is 27.2 Å². The van der Waals surface area contributed by atoms with Crippen LogP contribution < -0.4 is 10.2 Å². The molecule has 1 amide bonds. The van der Waals surface area contributed by atoms with Crippen molar-refractivity contribution in [2.75, 3.05) is 75.8 Å². The van der Waals surface area contributed by atoms with E-state index in [0.29, 0.717) is 13.1 Å². The largest absolute Gasteiger partial charge is 0.390 e. The fourth-order valence-corrected chi connectivity index (χ4v) is 3.79. The molecule has 0 radical (unpaired) electrons. The van der Waals surface area contributed by atoms with Crippen LogP contribution in [0.2, 0.25) is 0 Å². The lowest BCUT2D eigenvalue weighted by Crippen LogP contribution is -2.45. The second-order valence-electron chi connectivity index (χ2n) is 9.32. The molecule has 1 aromatic rings. The molecule has 0 bridgehead atoms. The van der Waals surface area contributed by atoms with Crippen molar-refractivity contribution in [1.29, 1.82) is 0 Å². The van der Waals surface area contributed by atoms with Gasteiger partial charge in [0.1, 0.15) is 5.82 Å². The number of hydrogen-bond acceptors (Lipinski definition) is 7. The molecule has 30 heavy (non-hydrogen) atoms. The molecule has 2 aliphatic rings. The Labute approximate surface area is 180 Å². The number of aliphatic hydroxyl groups excluding tert-OH is 1. The summed E-state index contributed by atoms with van der Waals surface area (Å²) in [7, 11) is 0. The maximum Gasteiger partial charge on any atom is 0.229 e. The van der Waals surface area contributed by atoms with E-state index in [2.05, 4.69) is 25.0 Å². The van der Waals surface area contributed by atoms with Gasteiger partial charge in [0.15, 0.2) is 0 Å². The monoisotopic (exact) mass is 419 g/mol. The van der Waals surface area contributed by atoms with E-state index in [1.165, 1.54) is 0 Å². The summed E-state index contributed by atoms with van der Waals surface area (Å²) >= 11 is 0. The van der Waals surface area contributed by atoms with Crippen LogP contribution in [0.5, 0.6) is 0 Å². The predicted molar refractivity (Wildman–Crippen MR) is 119 cm³/mol. The molecule has 1 aromatic heterocycles. The lowest BCUT2D eigenvalue weighted by molar-refractivity contribution is -0.123. The molecule has 2 N–H and O–H groups in total. The number of morpholine rings is 1. The van der Waals surface area contributed by atoms with Crippen LogP contribution in [-0.2, 0) is 9.53 Å². The predicted octanol–water partition coefficient (Wildman–Crippen LogP) is 1.27. The number of carbonyl (C=O) groups is 1. The van der Waals surface area contributed by atoms with Gasteiger partial charge in [-0.3, -0.25) is 14.6 Å². The van der Waals surface area contributed by atoms with Crippen molar-refractivity contribution in [1.82, 2.24) is 14.8 Å². The number of amides is 1. The van der Waals surface area contributed by atoms with Gasteiger partial charge in [0.05, 0.1) is 31.2 Å². The highest BCUT2D eigenvalue weighted by molar-refractivity contribution is 5.94. The van der Waals surface area contributed by atoms with Crippen LogP contribution in [0.15, 0.2) is 18.3 Å². The molecule has 1 unspecified atom stereocenters. The van der Waals surface area contributed by atoms with Crippen molar-refractivity contribution >= 4 is 17.4 Å². The lowest BCUT2D eigenvalue weighted by atomic mass is 9.96. The number of pyridine rings is 1.